The Morgan fingerprint density at radius 2 is 0.851 bits per heavy atom. The molecule has 2 fully saturated rings. The summed E-state index contributed by atoms with van der Waals surface area (Å²) >= 11 is 0. The van der Waals surface area contributed by atoms with Crippen molar-refractivity contribution >= 4 is 54.9 Å². The fourth-order valence-electron chi connectivity index (χ4n) is 7.56. The molecule has 8 rings (SSSR count). The Bertz CT molecular complexity index is 1800. The van der Waals surface area contributed by atoms with Crippen LogP contribution in [0.15, 0.2) is 182 Å². The maximum absolute atomic E-state index is 7.89. The summed E-state index contributed by atoms with van der Waals surface area (Å²) in [5, 5.41) is 7.09. The monoisotopic (exact) mass is 669 g/mol. The van der Waals surface area contributed by atoms with Crippen LogP contribution < -0.4 is 31.8 Å². The summed E-state index contributed by atoms with van der Waals surface area (Å²) in [5.41, 5.74) is 0. The van der Waals surface area contributed by atoms with Crippen LogP contribution in [0.5, 0.6) is 0 Å². The molecule has 2 saturated heterocycles. The van der Waals surface area contributed by atoms with Gasteiger partial charge in [-0.1, -0.05) is 133 Å². The number of rotatable bonds is 8. The predicted octanol–water partition coefficient (Wildman–Crippen LogP) is 7.61. The van der Waals surface area contributed by atoms with Gasteiger partial charge in [-0.3, -0.25) is 4.67 Å². The van der Waals surface area contributed by atoms with E-state index in [4.69, 9.17) is 9.05 Å². The molecule has 2 atom stereocenters. The van der Waals surface area contributed by atoms with Crippen molar-refractivity contribution in [3.8, 4) is 0 Å². The number of likely N-dealkylation sites (N-methyl/N-ethyl adjacent to an activating group) is 1. The minimum atomic E-state index is -2.68. The van der Waals surface area contributed by atoms with E-state index in [1.54, 1.807) is 0 Å². The zero-order valence-electron chi connectivity index (χ0n) is 26.4. The van der Waals surface area contributed by atoms with Gasteiger partial charge in [-0.05, 0) is 66.2 Å². The first kappa shape index (κ1) is 30.8. The van der Waals surface area contributed by atoms with Crippen molar-refractivity contribution in [2.45, 2.75) is 17.5 Å². The lowest BCUT2D eigenvalue weighted by atomic mass is 10.2. The third-order valence-electron chi connectivity index (χ3n) is 9.50. The molecule has 2 aliphatic heterocycles. The van der Waals surface area contributed by atoms with Gasteiger partial charge in [0.1, 0.15) is 27.3 Å². The quantitative estimate of drug-likeness (QED) is 0.123. The van der Waals surface area contributed by atoms with Crippen LogP contribution in [-0.2, 0) is 9.05 Å². The molecular formula is C41H38NO2P3+2. The summed E-state index contributed by atoms with van der Waals surface area (Å²) in [7, 11) is -3.70. The smallest absolute Gasteiger partial charge is 0.264 e. The van der Waals surface area contributed by atoms with Crippen molar-refractivity contribution in [2.24, 2.45) is 0 Å². The van der Waals surface area contributed by atoms with E-state index in [1.165, 1.54) is 31.8 Å². The first-order valence-electron chi connectivity index (χ1n) is 16.2. The second-order valence-electron chi connectivity index (χ2n) is 12.0. The zero-order valence-corrected chi connectivity index (χ0v) is 29.1. The molecule has 0 radical (unpaired) electrons. The van der Waals surface area contributed by atoms with Gasteiger partial charge in [-0.2, -0.15) is 0 Å². The molecule has 2 heterocycles. The van der Waals surface area contributed by atoms with Crippen LogP contribution in [0.25, 0.3) is 0 Å². The van der Waals surface area contributed by atoms with Gasteiger partial charge < -0.3 is 0 Å². The normalized spacial score (nSPS) is 21.1. The first-order valence-corrected chi connectivity index (χ1v) is 20.9. The third-order valence-corrected chi connectivity index (χ3v) is 21.5. The van der Waals surface area contributed by atoms with Crippen LogP contribution in [0.3, 0.4) is 0 Å². The van der Waals surface area contributed by atoms with E-state index >= 15 is 0 Å². The maximum Gasteiger partial charge on any atom is 0.398 e. The number of nitrogens with zero attached hydrogens (tertiary/aromatic N) is 1. The Hall–Kier alpha value is -3.51. The van der Waals surface area contributed by atoms with Gasteiger partial charge in [0.25, 0.3) is 7.49 Å². The Kier molecular flexibility index (Phi) is 8.41. The van der Waals surface area contributed by atoms with E-state index in [-0.39, 0.29) is 6.04 Å². The maximum atomic E-state index is 7.89. The summed E-state index contributed by atoms with van der Waals surface area (Å²) in [5.74, 6) is 0. The summed E-state index contributed by atoms with van der Waals surface area (Å²) in [6.45, 7) is 0.661. The lowest BCUT2D eigenvalue weighted by Gasteiger charge is -2.42. The van der Waals surface area contributed by atoms with Crippen LogP contribution in [0.2, 0.25) is 0 Å². The van der Waals surface area contributed by atoms with Crippen molar-refractivity contribution in [3.05, 3.63) is 182 Å². The lowest BCUT2D eigenvalue weighted by molar-refractivity contribution is 0.171. The molecule has 3 nitrogen and oxygen atoms in total. The van der Waals surface area contributed by atoms with Gasteiger partial charge in [0.05, 0.1) is 6.61 Å². The minimum Gasteiger partial charge on any atom is -0.264 e. The van der Waals surface area contributed by atoms with E-state index in [0.717, 1.165) is 6.42 Å². The lowest BCUT2D eigenvalue weighted by Crippen LogP contribution is -2.54. The summed E-state index contributed by atoms with van der Waals surface area (Å²) in [6.07, 6.45) is 0.873. The summed E-state index contributed by atoms with van der Waals surface area (Å²) in [6, 6.07) is 66.3. The largest absolute Gasteiger partial charge is 0.398 e. The molecule has 0 N–H and O–H groups in total. The summed E-state index contributed by atoms with van der Waals surface area (Å²) in [4.78, 5) is 0. The molecule has 2 aliphatic rings. The highest BCUT2D eigenvalue weighted by atomic mass is 31.3. The second-order valence-corrected chi connectivity index (χ2v) is 20.9. The highest BCUT2D eigenvalue weighted by Gasteiger charge is 3.02. The molecule has 6 aromatic carbocycles. The van der Waals surface area contributed by atoms with Gasteiger partial charge in [0.2, 0.25) is 0 Å². The van der Waals surface area contributed by atoms with E-state index in [2.05, 4.69) is 194 Å². The highest BCUT2D eigenvalue weighted by Crippen LogP contribution is 3.01. The fraction of sp³-hybridized carbons (Fsp3) is 0.122. The van der Waals surface area contributed by atoms with E-state index in [0.29, 0.717) is 6.61 Å². The van der Waals surface area contributed by atoms with Crippen LogP contribution >= 0.6 is 23.1 Å². The zero-order chi connectivity index (χ0) is 31.7. The molecule has 6 heteroatoms. The molecular weight excluding hydrogens is 631 g/mol. The third kappa shape index (κ3) is 4.88. The highest BCUT2D eigenvalue weighted by molar-refractivity contribution is 8.07. The average molecular weight is 670 g/mol. The number of hydrogen-bond acceptors (Lipinski definition) is 3. The van der Waals surface area contributed by atoms with Crippen molar-refractivity contribution in [2.75, 3.05) is 13.7 Å². The average Bonchev–Trinajstić information content (AvgIpc) is 3.85. The Morgan fingerprint density at radius 3 is 1.23 bits per heavy atom. The number of benzene rings is 6. The molecule has 0 bridgehead atoms. The Labute approximate surface area is 280 Å². The van der Waals surface area contributed by atoms with Crippen LogP contribution in [-0.4, -0.2) is 29.5 Å². The fourth-order valence-corrected chi connectivity index (χ4v) is 21.9. The van der Waals surface area contributed by atoms with E-state index < -0.39 is 28.1 Å². The van der Waals surface area contributed by atoms with Gasteiger partial charge >= 0.3 is 12.6 Å². The molecule has 0 aliphatic carbocycles. The topological polar surface area (TPSA) is 25.0 Å². The van der Waals surface area contributed by atoms with Gasteiger partial charge in [-0.15, -0.1) is 4.52 Å². The minimum absolute atomic E-state index is 0.0743. The van der Waals surface area contributed by atoms with Gasteiger partial charge in [-0.25, -0.2) is 4.52 Å². The molecule has 232 valence electrons. The van der Waals surface area contributed by atoms with Crippen molar-refractivity contribution in [1.29, 1.82) is 0 Å². The van der Waals surface area contributed by atoms with Crippen LogP contribution in [0.1, 0.15) is 6.42 Å². The first-order chi connectivity index (χ1) is 23.2. The SMILES string of the molecule is CN(C1CCO[P+](c2ccccc2)(c2ccccc2)C12O[P+]2(c1ccccc1)c1ccccc1)P(c1ccccc1)c1ccccc1. The second kappa shape index (κ2) is 12.8. The summed E-state index contributed by atoms with van der Waals surface area (Å²) < 4.78 is 18.1. The molecule has 0 saturated carbocycles. The van der Waals surface area contributed by atoms with E-state index in [1.807, 2.05) is 0 Å². The molecule has 1 spiro atoms. The van der Waals surface area contributed by atoms with Crippen molar-refractivity contribution in [3.63, 3.8) is 0 Å². The van der Waals surface area contributed by atoms with Crippen molar-refractivity contribution < 1.29 is 9.05 Å². The van der Waals surface area contributed by atoms with Crippen LogP contribution in [0, 0.1) is 0 Å². The Morgan fingerprint density at radius 1 is 0.511 bits per heavy atom. The molecule has 2 unspecified atom stereocenters. The van der Waals surface area contributed by atoms with Gasteiger partial charge in [0, 0.05) is 14.5 Å². The molecule has 47 heavy (non-hydrogen) atoms. The molecule has 0 amide bonds. The molecule has 0 aromatic heterocycles. The number of hydrogen-bond donors (Lipinski definition) is 0. The molecule has 6 aromatic rings. The van der Waals surface area contributed by atoms with Crippen LogP contribution in [0.4, 0.5) is 0 Å². The standard InChI is InChI=1S/C41H38NO2P3/c1-42(45(34-20-8-2-9-21-34)35-22-10-3-11-23-35)40-32-33-43-46(36-24-12-4-13-25-36,37-26-14-5-15-27-37)41(40)44-47(41,38-28-16-6-17-29-38)39-30-18-7-19-31-39/h2-31,40H,32-33H2,1H3/q+2. The van der Waals surface area contributed by atoms with Gasteiger partial charge in [0.15, 0.2) is 0 Å². The van der Waals surface area contributed by atoms with E-state index in [9.17, 15) is 0 Å². The van der Waals surface area contributed by atoms with Crippen molar-refractivity contribution in [1.82, 2.24) is 4.67 Å². The predicted molar refractivity (Wildman–Crippen MR) is 203 cm³/mol. The Balaban J connectivity index is 1.44.